The second kappa shape index (κ2) is 9.32. The summed E-state index contributed by atoms with van der Waals surface area (Å²) in [6.45, 7) is 10.0. The highest BCUT2D eigenvalue weighted by molar-refractivity contribution is 8.00. The van der Waals surface area contributed by atoms with Crippen molar-refractivity contribution in [2.45, 2.75) is 37.7 Å². The molecular formula is C20H26N6O2S2. The number of nitrogens with one attached hydrogen (secondary N) is 1. The van der Waals surface area contributed by atoms with Gasteiger partial charge in [-0.1, -0.05) is 49.1 Å². The molecule has 0 spiro atoms. The minimum atomic E-state index is -0.329. The van der Waals surface area contributed by atoms with Gasteiger partial charge in [-0.15, -0.1) is 10.2 Å². The number of fused-ring (bicyclic) bond motifs is 1. The number of thiazole rings is 1. The molecule has 8 nitrogen and oxygen atoms in total. The number of para-hydroxylation sites is 1. The molecule has 1 aliphatic heterocycles. The first-order valence-corrected chi connectivity index (χ1v) is 11.8. The first-order valence-electron chi connectivity index (χ1n) is 10.1. The molecule has 30 heavy (non-hydrogen) atoms. The number of benzene rings is 1. The third kappa shape index (κ3) is 4.76. The van der Waals surface area contributed by atoms with Crippen LogP contribution in [0.5, 0.6) is 0 Å². The SMILES string of the molecule is CC(C)Cn1c(SC(C)C(=O)Nc2nc3ccccc3s2)nnc1N1CCOCC1. The summed E-state index contributed by atoms with van der Waals surface area (Å²) < 4.78 is 8.64. The number of morpholine rings is 1. The first kappa shape index (κ1) is 21.1. The summed E-state index contributed by atoms with van der Waals surface area (Å²) in [6, 6.07) is 7.86. The van der Waals surface area contributed by atoms with Crippen LogP contribution in [0, 0.1) is 5.92 Å². The topological polar surface area (TPSA) is 85.2 Å². The Hall–Kier alpha value is -2.17. The van der Waals surface area contributed by atoms with Gasteiger partial charge in [0.05, 0.1) is 28.7 Å². The summed E-state index contributed by atoms with van der Waals surface area (Å²) >= 11 is 2.91. The highest BCUT2D eigenvalue weighted by Gasteiger charge is 2.24. The van der Waals surface area contributed by atoms with Crippen LogP contribution in [0.25, 0.3) is 10.2 Å². The molecule has 160 valence electrons. The van der Waals surface area contributed by atoms with E-state index in [9.17, 15) is 4.79 Å². The highest BCUT2D eigenvalue weighted by atomic mass is 32.2. The number of thioether (sulfide) groups is 1. The summed E-state index contributed by atoms with van der Waals surface area (Å²) in [6.07, 6.45) is 0. The van der Waals surface area contributed by atoms with Crippen LogP contribution in [0.2, 0.25) is 0 Å². The Morgan fingerprint density at radius 3 is 2.73 bits per heavy atom. The number of hydrogen-bond donors (Lipinski definition) is 1. The molecule has 1 N–H and O–H groups in total. The second-order valence-corrected chi connectivity index (χ2v) is 9.96. The Kier molecular flexibility index (Phi) is 6.55. The molecule has 1 fully saturated rings. The standard InChI is InChI=1S/C20H26N6O2S2/c1-13(2)12-26-19(25-8-10-28-11-9-25)23-24-20(26)29-14(3)17(27)22-18-21-15-6-4-5-7-16(15)30-18/h4-7,13-14H,8-12H2,1-3H3,(H,21,22,27). The van der Waals surface area contributed by atoms with Crippen molar-refractivity contribution in [3.05, 3.63) is 24.3 Å². The molecule has 1 amide bonds. The number of aromatic nitrogens is 4. The van der Waals surface area contributed by atoms with E-state index < -0.39 is 0 Å². The van der Waals surface area contributed by atoms with E-state index in [0.29, 0.717) is 24.3 Å². The average Bonchev–Trinajstić information content (AvgIpc) is 3.31. The number of anilines is 2. The molecule has 10 heteroatoms. The Morgan fingerprint density at radius 1 is 1.23 bits per heavy atom. The fraction of sp³-hybridized carbons (Fsp3) is 0.500. The van der Waals surface area contributed by atoms with Crippen LogP contribution < -0.4 is 10.2 Å². The molecule has 1 aliphatic rings. The van der Waals surface area contributed by atoms with Gasteiger partial charge in [0.1, 0.15) is 0 Å². The van der Waals surface area contributed by atoms with E-state index >= 15 is 0 Å². The lowest BCUT2D eigenvalue weighted by atomic mass is 10.2. The van der Waals surface area contributed by atoms with Gasteiger partial charge < -0.3 is 15.0 Å². The van der Waals surface area contributed by atoms with Crippen LogP contribution in [0.4, 0.5) is 11.1 Å². The van der Waals surface area contributed by atoms with Crippen LogP contribution >= 0.6 is 23.1 Å². The van der Waals surface area contributed by atoms with Crippen molar-refractivity contribution in [3.63, 3.8) is 0 Å². The predicted octanol–water partition coefficient (Wildman–Crippen LogP) is 3.50. The Bertz CT molecular complexity index is 979. The number of carbonyl (C=O) groups excluding carboxylic acids is 1. The van der Waals surface area contributed by atoms with E-state index in [4.69, 9.17) is 4.74 Å². The number of rotatable bonds is 7. The van der Waals surface area contributed by atoms with Crippen molar-refractivity contribution in [2.75, 3.05) is 36.5 Å². The maximum Gasteiger partial charge on any atom is 0.239 e. The lowest BCUT2D eigenvalue weighted by Crippen LogP contribution is -2.38. The maximum atomic E-state index is 12.8. The van der Waals surface area contributed by atoms with Crippen LogP contribution in [0.15, 0.2) is 29.4 Å². The highest BCUT2D eigenvalue weighted by Crippen LogP contribution is 2.29. The summed E-state index contributed by atoms with van der Waals surface area (Å²) in [7, 11) is 0. The van der Waals surface area contributed by atoms with E-state index in [2.05, 4.69) is 43.8 Å². The van der Waals surface area contributed by atoms with Gasteiger partial charge in [0.2, 0.25) is 11.9 Å². The molecule has 2 aromatic heterocycles. The number of carbonyl (C=O) groups is 1. The number of nitrogens with zero attached hydrogens (tertiary/aromatic N) is 5. The van der Waals surface area contributed by atoms with Gasteiger partial charge in [-0.25, -0.2) is 4.98 Å². The minimum Gasteiger partial charge on any atom is -0.378 e. The molecular weight excluding hydrogens is 420 g/mol. The van der Waals surface area contributed by atoms with Crippen LogP contribution in [0.3, 0.4) is 0 Å². The molecule has 4 rings (SSSR count). The Balaban J connectivity index is 1.47. The van der Waals surface area contributed by atoms with Gasteiger partial charge in [0.15, 0.2) is 10.3 Å². The van der Waals surface area contributed by atoms with Crippen molar-refractivity contribution in [3.8, 4) is 0 Å². The van der Waals surface area contributed by atoms with Gasteiger partial charge in [-0.3, -0.25) is 9.36 Å². The normalized spacial score (nSPS) is 15.7. The van der Waals surface area contributed by atoms with Gasteiger partial charge in [0.25, 0.3) is 0 Å². The lowest BCUT2D eigenvalue weighted by molar-refractivity contribution is -0.115. The number of amides is 1. The summed E-state index contributed by atoms with van der Waals surface area (Å²) in [5.74, 6) is 1.20. The fourth-order valence-corrected chi connectivity index (χ4v) is 4.96. The van der Waals surface area contributed by atoms with Crippen LogP contribution in [-0.2, 0) is 16.1 Å². The molecule has 1 atom stereocenters. The molecule has 1 unspecified atom stereocenters. The van der Waals surface area contributed by atoms with Crippen LogP contribution in [0.1, 0.15) is 20.8 Å². The summed E-state index contributed by atoms with van der Waals surface area (Å²) in [5, 5.41) is 12.8. The summed E-state index contributed by atoms with van der Waals surface area (Å²) in [4.78, 5) is 19.5. The molecule has 3 heterocycles. The average molecular weight is 447 g/mol. The molecule has 0 saturated carbocycles. The van der Waals surface area contributed by atoms with Crippen molar-refractivity contribution in [2.24, 2.45) is 5.92 Å². The zero-order chi connectivity index (χ0) is 21.1. The second-order valence-electron chi connectivity index (χ2n) is 7.62. The molecule has 1 aromatic carbocycles. The molecule has 3 aromatic rings. The van der Waals surface area contributed by atoms with Gasteiger partial charge in [-0.05, 0) is 25.0 Å². The lowest BCUT2D eigenvalue weighted by Gasteiger charge is -2.28. The predicted molar refractivity (Wildman–Crippen MR) is 121 cm³/mol. The smallest absolute Gasteiger partial charge is 0.239 e. The van der Waals surface area contributed by atoms with Gasteiger partial charge in [0, 0.05) is 19.6 Å². The van der Waals surface area contributed by atoms with Crippen molar-refractivity contribution < 1.29 is 9.53 Å². The molecule has 1 saturated heterocycles. The molecule has 0 radical (unpaired) electrons. The van der Waals surface area contributed by atoms with E-state index in [1.165, 1.54) is 23.1 Å². The van der Waals surface area contributed by atoms with Gasteiger partial charge in [-0.2, -0.15) is 0 Å². The summed E-state index contributed by atoms with van der Waals surface area (Å²) in [5.41, 5.74) is 0.893. The van der Waals surface area contributed by atoms with E-state index in [1.54, 1.807) is 0 Å². The van der Waals surface area contributed by atoms with Gasteiger partial charge >= 0.3 is 0 Å². The third-order valence-electron chi connectivity index (χ3n) is 4.71. The van der Waals surface area contributed by atoms with Crippen LogP contribution in [-0.4, -0.2) is 57.2 Å². The Morgan fingerprint density at radius 2 is 2.00 bits per heavy atom. The minimum absolute atomic E-state index is 0.0916. The zero-order valence-electron chi connectivity index (χ0n) is 17.4. The quantitative estimate of drug-likeness (QED) is 0.556. The fourth-order valence-electron chi connectivity index (χ4n) is 3.23. The zero-order valence-corrected chi connectivity index (χ0v) is 19.0. The van der Waals surface area contributed by atoms with E-state index in [0.717, 1.165) is 41.0 Å². The van der Waals surface area contributed by atoms with Crippen molar-refractivity contribution >= 4 is 50.3 Å². The van der Waals surface area contributed by atoms with Crippen molar-refractivity contribution in [1.29, 1.82) is 0 Å². The first-order chi connectivity index (χ1) is 14.5. The third-order valence-corrected chi connectivity index (χ3v) is 6.75. The Labute approximate surface area is 184 Å². The molecule has 0 bridgehead atoms. The largest absolute Gasteiger partial charge is 0.378 e. The number of ether oxygens (including phenoxy) is 1. The number of hydrogen-bond acceptors (Lipinski definition) is 8. The van der Waals surface area contributed by atoms with E-state index in [1.807, 2.05) is 31.2 Å². The van der Waals surface area contributed by atoms with Crippen molar-refractivity contribution in [1.82, 2.24) is 19.7 Å². The molecule has 0 aliphatic carbocycles. The monoisotopic (exact) mass is 446 g/mol. The maximum absolute atomic E-state index is 12.8. The van der Waals surface area contributed by atoms with E-state index in [-0.39, 0.29) is 11.2 Å².